The zero-order valence-electron chi connectivity index (χ0n) is 21.6. The van der Waals surface area contributed by atoms with Gasteiger partial charge in [0.2, 0.25) is 0 Å². The Morgan fingerprint density at radius 3 is 1.23 bits per heavy atom. The predicted octanol–water partition coefficient (Wildman–Crippen LogP) is 2.24. The monoisotopic (exact) mass is 578 g/mol. The summed E-state index contributed by atoms with van der Waals surface area (Å²) in [6.45, 7) is 27.9. The van der Waals surface area contributed by atoms with E-state index in [-0.39, 0.29) is 34.9 Å². The van der Waals surface area contributed by atoms with Gasteiger partial charge in [0.05, 0.1) is 0 Å². The van der Waals surface area contributed by atoms with E-state index in [1.54, 1.807) is 6.56 Å². The number of rotatable bonds is 6. The van der Waals surface area contributed by atoms with Crippen molar-refractivity contribution < 1.29 is 56.9 Å². The second-order valence-corrected chi connectivity index (χ2v) is 24.7. The van der Waals surface area contributed by atoms with Crippen molar-refractivity contribution >= 4 is 16.6 Å². The predicted molar refractivity (Wildman–Crippen MR) is 127 cm³/mol. The van der Waals surface area contributed by atoms with Gasteiger partial charge in [-0.25, -0.2) is 0 Å². The number of hydrogen-bond donors (Lipinski definition) is 0. The molecule has 0 aromatic rings. The maximum absolute atomic E-state index is 6.84. The van der Waals surface area contributed by atoms with E-state index >= 15 is 0 Å². The third-order valence-electron chi connectivity index (χ3n) is 7.12. The number of halogens is 2. The van der Waals surface area contributed by atoms with Gasteiger partial charge >= 0.3 is 195 Å². The van der Waals surface area contributed by atoms with Crippen LogP contribution in [0.15, 0.2) is 41.4 Å². The minimum atomic E-state index is -1.83. The van der Waals surface area contributed by atoms with E-state index in [0.717, 1.165) is 12.8 Å². The molecule has 0 spiro atoms. The van der Waals surface area contributed by atoms with Crippen molar-refractivity contribution in [3.63, 3.8) is 0 Å². The van der Waals surface area contributed by atoms with Crippen LogP contribution in [0.3, 0.4) is 0 Å². The van der Waals surface area contributed by atoms with Crippen molar-refractivity contribution in [3.05, 3.63) is 41.4 Å². The maximum atomic E-state index is 6.84. The van der Waals surface area contributed by atoms with Crippen molar-refractivity contribution in [1.29, 1.82) is 0 Å². The van der Waals surface area contributed by atoms with E-state index in [1.807, 2.05) is 0 Å². The quantitative estimate of drug-likeness (QED) is 0.449. The Morgan fingerprint density at radius 2 is 0.968 bits per heavy atom. The van der Waals surface area contributed by atoms with Crippen LogP contribution in [0.5, 0.6) is 0 Å². The summed E-state index contributed by atoms with van der Waals surface area (Å²) in [5, 5.41) is 0.445. The van der Waals surface area contributed by atoms with Gasteiger partial charge < -0.3 is 24.8 Å². The minimum Gasteiger partial charge on any atom is -1.00 e. The van der Waals surface area contributed by atoms with Gasteiger partial charge in [0, 0.05) is 0 Å². The first-order valence-corrected chi connectivity index (χ1v) is 19.2. The second-order valence-electron chi connectivity index (χ2n) is 11.6. The van der Waals surface area contributed by atoms with Crippen LogP contribution in [-0.2, 0) is 32.1 Å². The summed E-state index contributed by atoms with van der Waals surface area (Å²) in [4.78, 5) is 0. The first-order chi connectivity index (χ1) is 13.0. The minimum absolute atomic E-state index is 0. The second kappa shape index (κ2) is 10.8. The molecule has 0 heterocycles. The molecule has 2 rings (SSSR count). The summed E-state index contributed by atoms with van der Waals surface area (Å²) >= 11 is -0.915. The van der Waals surface area contributed by atoms with Crippen LogP contribution in [0.4, 0.5) is 0 Å². The molecule has 7 heteroatoms. The van der Waals surface area contributed by atoms with Gasteiger partial charge in [-0.15, -0.1) is 0 Å². The first-order valence-electron chi connectivity index (χ1n) is 10.9. The van der Waals surface area contributed by atoms with Crippen LogP contribution in [0, 0.1) is 0 Å². The van der Waals surface area contributed by atoms with E-state index in [0.29, 0.717) is 0 Å². The topological polar surface area (TPSA) is 18.5 Å². The fourth-order valence-corrected chi connectivity index (χ4v) is 9.24. The molecule has 0 bridgehead atoms. The van der Waals surface area contributed by atoms with Crippen LogP contribution in [-0.4, -0.2) is 16.6 Å². The van der Waals surface area contributed by atoms with Crippen molar-refractivity contribution in [2.24, 2.45) is 0 Å². The Bertz CT molecular complexity index is 729. The van der Waals surface area contributed by atoms with Crippen molar-refractivity contribution in [1.82, 2.24) is 0 Å². The third kappa shape index (κ3) is 7.22. The van der Waals surface area contributed by atoms with Gasteiger partial charge in [0.25, 0.3) is 0 Å². The Labute approximate surface area is 218 Å². The first kappa shape index (κ1) is 31.5. The zero-order valence-corrected chi connectivity index (χ0v) is 27.6. The normalized spacial score (nSPS) is 17.5. The maximum Gasteiger partial charge on any atom is -1.00 e. The molecule has 0 fully saturated rings. The van der Waals surface area contributed by atoms with Gasteiger partial charge in [-0.05, 0) is 0 Å². The largest absolute Gasteiger partial charge is 1.00 e. The molecule has 0 amide bonds. The van der Waals surface area contributed by atoms with Gasteiger partial charge in [-0.2, -0.15) is 0 Å². The molecule has 2 aliphatic carbocycles. The van der Waals surface area contributed by atoms with Gasteiger partial charge in [-0.1, -0.05) is 0 Å². The van der Waals surface area contributed by atoms with E-state index in [1.165, 1.54) is 22.7 Å². The SMILES string of the molecule is CC1=CC[C]([Zr+2][C]2=C(O[Si](C)(C)C(C)(C)C)C(C)=CC2)=C1O[Si](C)(C)C(C)(C)C.[Cl-].[Cl-]. The average Bonchev–Trinajstić information content (AvgIpc) is 3.03. The molecule has 0 aromatic heterocycles. The van der Waals surface area contributed by atoms with Crippen LogP contribution in [0.25, 0.3) is 0 Å². The Balaban J connectivity index is 0.00000450. The summed E-state index contributed by atoms with van der Waals surface area (Å²) < 4.78 is 16.9. The summed E-state index contributed by atoms with van der Waals surface area (Å²) in [6, 6.07) is 0. The van der Waals surface area contributed by atoms with Crippen molar-refractivity contribution in [2.45, 2.75) is 104 Å². The van der Waals surface area contributed by atoms with E-state index in [2.05, 4.69) is 93.7 Å². The molecule has 0 saturated carbocycles. The summed E-state index contributed by atoms with van der Waals surface area (Å²) in [6.07, 6.45) is 6.92. The zero-order chi connectivity index (χ0) is 22.4. The molecule has 0 radical (unpaired) electrons. The summed E-state index contributed by atoms with van der Waals surface area (Å²) in [5.41, 5.74) is 2.70. The Hall–Kier alpha value is 0.457. The van der Waals surface area contributed by atoms with E-state index in [9.17, 15) is 0 Å². The van der Waals surface area contributed by atoms with E-state index in [4.69, 9.17) is 8.85 Å². The average molecular weight is 581 g/mol. The summed E-state index contributed by atoms with van der Waals surface area (Å²) in [5.74, 6) is 2.49. The molecule has 0 saturated heterocycles. The van der Waals surface area contributed by atoms with E-state index < -0.39 is 39.9 Å². The van der Waals surface area contributed by atoms with Gasteiger partial charge in [0.1, 0.15) is 0 Å². The summed E-state index contributed by atoms with van der Waals surface area (Å²) in [7, 11) is -3.66. The molecular formula is C24H42Cl2O2Si2Zr. The molecule has 0 N–H and O–H groups in total. The van der Waals surface area contributed by atoms with Crippen LogP contribution >= 0.6 is 0 Å². The number of allylic oxidation sites excluding steroid dienone is 6. The molecule has 31 heavy (non-hydrogen) atoms. The fourth-order valence-electron chi connectivity index (χ4n) is 2.86. The molecule has 0 aromatic carbocycles. The smallest absolute Gasteiger partial charge is 1.00 e. The standard InChI is InChI=1S/2C12H21OSi.2ClH.Zr/c2*1-10-8-7-9-11(10)13-14(5,6)12(2,3)4;;;/h2*8H,7H2,1-6H3;2*1H;/q;;;;+2/p-2. The van der Waals surface area contributed by atoms with Crippen LogP contribution < -0.4 is 24.8 Å². The number of hydrogen-bond acceptors (Lipinski definition) is 2. The van der Waals surface area contributed by atoms with Gasteiger partial charge in [0.15, 0.2) is 0 Å². The molecule has 2 nitrogen and oxygen atoms in total. The Morgan fingerprint density at radius 1 is 0.677 bits per heavy atom. The Kier molecular flexibility index (Phi) is 11.0. The molecule has 2 aliphatic rings. The van der Waals surface area contributed by atoms with Crippen molar-refractivity contribution in [3.8, 4) is 0 Å². The van der Waals surface area contributed by atoms with Crippen LogP contribution in [0.2, 0.25) is 36.3 Å². The molecule has 0 unspecified atom stereocenters. The molecule has 176 valence electrons. The van der Waals surface area contributed by atoms with Crippen molar-refractivity contribution in [2.75, 3.05) is 0 Å². The van der Waals surface area contributed by atoms with Gasteiger partial charge in [-0.3, -0.25) is 0 Å². The molecular weight excluding hydrogens is 539 g/mol. The third-order valence-corrected chi connectivity index (χ3v) is 19.4. The fraction of sp³-hybridized carbons (Fsp3) is 0.667. The molecule has 0 aliphatic heterocycles. The van der Waals surface area contributed by atoms with Crippen LogP contribution in [0.1, 0.15) is 68.2 Å². The molecule has 0 atom stereocenters.